The monoisotopic (exact) mass is 293 g/mol. The molecular formula is C16H20FNO3. The molecule has 3 atom stereocenters. The maximum absolute atomic E-state index is 13.8. The quantitative estimate of drug-likeness (QED) is 0.928. The van der Waals surface area contributed by atoms with Crippen molar-refractivity contribution in [3.63, 3.8) is 0 Å². The summed E-state index contributed by atoms with van der Waals surface area (Å²) in [6.45, 7) is 5.29. The number of amides is 1. The predicted molar refractivity (Wildman–Crippen MR) is 76.0 cm³/mol. The highest BCUT2D eigenvalue weighted by molar-refractivity contribution is 5.91. The summed E-state index contributed by atoms with van der Waals surface area (Å²) in [6.07, 6.45) is 0. The summed E-state index contributed by atoms with van der Waals surface area (Å²) in [7, 11) is 1.59. The highest BCUT2D eigenvalue weighted by Gasteiger charge is 2.66. The van der Waals surface area contributed by atoms with Crippen LogP contribution in [0, 0.1) is 23.1 Å². The summed E-state index contributed by atoms with van der Waals surface area (Å²) in [5, 5.41) is 9.16. The Labute approximate surface area is 123 Å². The van der Waals surface area contributed by atoms with Gasteiger partial charge in [0.1, 0.15) is 5.82 Å². The van der Waals surface area contributed by atoms with Gasteiger partial charge in [-0.1, -0.05) is 32.0 Å². The van der Waals surface area contributed by atoms with Gasteiger partial charge in [0.25, 0.3) is 0 Å². The molecule has 2 rings (SSSR count). The molecule has 1 N–H and O–H groups in total. The molecular weight excluding hydrogens is 273 g/mol. The average Bonchev–Trinajstić information content (AvgIpc) is 3.00. The predicted octanol–water partition coefficient (Wildman–Crippen LogP) is 2.70. The van der Waals surface area contributed by atoms with Crippen molar-refractivity contribution >= 4 is 11.9 Å². The lowest BCUT2D eigenvalue weighted by atomic mass is 10.0. The van der Waals surface area contributed by atoms with Crippen LogP contribution in [0.5, 0.6) is 0 Å². The Morgan fingerprint density at radius 2 is 1.86 bits per heavy atom. The summed E-state index contributed by atoms with van der Waals surface area (Å²) in [4.78, 5) is 25.1. The minimum atomic E-state index is -0.953. The van der Waals surface area contributed by atoms with Crippen molar-refractivity contribution in [2.45, 2.75) is 26.8 Å². The van der Waals surface area contributed by atoms with Gasteiger partial charge in [-0.05, 0) is 18.4 Å². The summed E-state index contributed by atoms with van der Waals surface area (Å²) >= 11 is 0. The first-order chi connectivity index (χ1) is 9.69. The second kappa shape index (κ2) is 5.13. The van der Waals surface area contributed by atoms with Crippen LogP contribution < -0.4 is 0 Å². The highest BCUT2D eigenvalue weighted by atomic mass is 19.1. The third kappa shape index (κ3) is 2.52. The fourth-order valence-electron chi connectivity index (χ4n) is 2.99. The lowest BCUT2D eigenvalue weighted by Crippen LogP contribution is -2.33. The Balaban J connectivity index is 2.18. The Hall–Kier alpha value is -1.91. The van der Waals surface area contributed by atoms with Crippen LogP contribution >= 0.6 is 0 Å². The largest absolute Gasteiger partial charge is 0.481 e. The lowest BCUT2D eigenvalue weighted by Gasteiger charge is -2.26. The Kier molecular flexibility index (Phi) is 3.78. The maximum atomic E-state index is 13.8. The van der Waals surface area contributed by atoms with E-state index >= 15 is 0 Å². The number of nitrogens with zero attached hydrogens (tertiary/aromatic N) is 1. The Bertz CT molecular complexity index is 585. The van der Waals surface area contributed by atoms with Crippen molar-refractivity contribution in [2.75, 3.05) is 7.05 Å². The van der Waals surface area contributed by atoms with Gasteiger partial charge in [-0.25, -0.2) is 4.39 Å². The molecule has 1 unspecified atom stereocenters. The molecule has 21 heavy (non-hydrogen) atoms. The number of carbonyl (C=O) groups excluding carboxylic acids is 1. The van der Waals surface area contributed by atoms with E-state index in [1.807, 2.05) is 0 Å². The van der Waals surface area contributed by atoms with E-state index in [1.54, 1.807) is 46.0 Å². The number of rotatable bonds is 4. The van der Waals surface area contributed by atoms with Crippen molar-refractivity contribution < 1.29 is 19.1 Å². The van der Waals surface area contributed by atoms with Crippen molar-refractivity contribution in [1.82, 2.24) is 4.90 Å². The van der Waals surface area contributed by atoms with E-state index in [-0.39, 0.29) is 11.7 Å². The first kappa shape index (κ1) is 15.5. The third-order valence-corrected chi connectivity index (χ3v) is 4.64. The summed E-state index contributed by atoms with van der Waals surface area (Å²) in [5.74, 6) is -2.78. The molecule has 0 heterocycles. The minimum Gasteiger partial charge on any atom is -0.481 e. The normalized spacial score (nSPS) is 24.2. The van der Waals surface area contributed by atoms with Crippen molar-refractivity contribution in [3.05, 3.63) is 35.6 Å². The second-order valence-corrected chi connectivity index (χ2v) is 6.26. The van der Waals surface area contributed by atoms with Gasteiger partial charge in [0.05, 0.1) is 17.9 Å². The number of benzene rings is 1. The van der Waals surface area contributed by atoms with E-state index in [9.17, 15) is 14.0 Å². The zero-order chi connectivity index (χ0) is 15.9. The molecule has 1 saturated carbocycles. The first-order valence-electron chi connectivity index (χ1n) is 6.93. The van der Waals surface area contributed by atoms with Crippen LogP contribution in [0.15, 0.2) is 24.3 Å². The smallest absolute Gasteiger partial charge is 0.307 e. The molecule has 0 radical (unpaired) electrons. The average molecular weight is 293 g/mol. The van der Waals surface area contributed by atoms with Crippen LogP contribution in [-0.4, -0.2) is 28.9 Å². The van der Waals surface area contributed by atoms with Crippen LogP contribution in [0.4, 0.5) is 4.39 Å². The van der Waals surface area contributed by atoms with E-state index in [0.717, 1.165) is 0 Å². The maximum Gasteiger partial charge on any atom is 0.307 e. The molecule has 1 aliphatic rings. The molecule has 114 valence electrons. The standard InChI is InChI=1S/C16H20FNO3/c1-9(10-7-5-6-8-11(10)17)18(4)14(19)12-13(15(20)21)16(12,2)3/h5-9,12-13H,1-4H3,(H,20,21)/t9?,12-,13+/m1/s1. The van der Waals surface area contributed by atoms with Gasteiger partial charge < -0.3 is 10.0 Å². The van der Waals surface area contributed by atoms with Crippen molar-refractivity contribution in [2.24, 2.45) is 17.3 Å². The van der Waals surface area contributed by atoms with Crippen LogP contribution in [0.25, 0.3) is 0 Å². The molecule has 5 heteroatoms. The summed E-state index contributed by atoms with van der Waals surface area (Å²) in [5.41, 5.74) is -0.120. The molecule has 1 amide bonds. The van der Waals surface area contributed by atoms with E-state index in [2.05, 4.69) is 0 Å². The SMILES string of the molecule is CC(c1ccccc1F)N(C)C(=O)[C@H]1[C@@H](C(=O)O)C1(C)C. The molecule has 0 aromatic heterocycles. The molecule has 1 aliphatic carbocycles. The fourth-order valence-corrected chi connectivity index (χ4v) is 2.99. The molecule has 0 saturated heterocycles. The van der Waals surface area contributed by atoms with Crippen LogP contribution in [0.2, 0.25) is 0 Å². The Morgan fingerprint density at radius 3 is 2.33 bits per heavy atom. The molecule has 0 spiro atoms. The van der Waals surface area contributed by atoms with Gasteiger partial charge in [-0.2, -0.15) is 0 Å². The van der Waals surface area contributed by atoms with Gasteiger partial charge >= 0.3 is 5.97 Å². The molecule has 1 fully saturated rings. The van der Waals surface area contributed by atoms with Crippen LogP contribution in [0.3, 0.4) is 0 Å². The second-order valence-electron chi connectivity index (χ2n) is 6.26. The number of halogens is 1. The van der Waals surface area contributed by atoms with E-state index < -0.39 is 29.3 Å². The van der Waals surface area contributed by atoms with Gasteiger partial charge in [0.15, 0.2) is 0 Å². The number of aliphatic carboxylic acids is 1. The lowest BCUT2D eigenvalue weighted by molar-refractivity contribution is -0.142. The van der Waals surface area contributed by atoms with E-state index in [0.29, 0.717) is 5.56 Å². The highest BCUT2D eigenvalue weighted by Crippen LogP contribution is 2.59. The molecule has 4 nitrogen and oxygen atoms in total. The van der Waals surface area contributed by atoms with Crippen LogP contribution in [-0.2, 0) is 9.59 Å². The first-order valence-corrected chi connectivity index (χ1v) is 6.93. The van der Waals surface area contributed by atoms with Gasteiger partial charge in [-0.15, -0.1) is 0 Å². The molecule has 0 aliphatic heterocycles. The zero-order valence-corrected chi connectivity index (χ0v) is 12.6. The topological polar surface area (TPSA) is 57.6 Å². The Morgan fingerprint density at radius 1 is 1.29 bits per heavy atom. The number of carboxylic acids is 1. The number of carboxylic acid groups (broad SMARTS) is 1. The molecule has 0 bridgehead atoms. The number of carbonyl (C=O) groups is 2. The van der Waals surface area contributed by atoms with E-state index in [1.165, 1.54) is 11.0 Å². The summed E-state index contributed by atoms with van der Waals surface area (Å²) in [6, 6.07) is 5.86. The fraction of sp³-hybridized carbons (Fsp3) is 0.500. The number of hydrogen-bond donors (Lipinski definition) is 1. The summed E-state index contributed by atoms with van der Waals surface area (Å²) < 4.78 is 13.8. The van der Waals surface area contributed by atoms with E-state index in [4.69, 9.17) is 5.11 Å². The zero-order valence-electron chi connectivity index (χ0n) is 12.6. The van der Waals surface area contributed by atoms with Gasteiger partial charge in [-0.3, -0.25) is 9.59 Å². The number of hydrogen-bond acceptors (Lipinski definition) is 2. The van der Waals surface area contributed by atoms with Crippen molar-refractivity contribution in [1.29, 1.82) is 0 Å². The van der Waals surface area contributed by atoms with Gasteiger partial charge in [0, 0.05) is 12.6 Å². The van der Waals surface area contributed by atoms with Crippen molar-refractivity contribution in [3.8, 4) is 0 Å². The van der Waals surface area contributed by atoms with Crippen LogP contribution in [0.1, 0.15) is 32.4 Å². The molecule has 1 aromatic rings. The molecule has 1 aromatic carbocycles. The minimum absolute atomic E-state index is 0.247. The third-order valence-electron chi connectivity index (χ3n) is 4.64. The van der Waals surface area contributed by atoms with Gasteiger partial charge in [0.2, 0.25) is 5.91 Å².